The third kappa shape index (κ3) is 5.98. The van der Waals surface area contributed by atoms with Gasteiger partial charge in [0.1, 0.15) is 0 Å². The van der Waals surface area contributed by atoms with Crippen LogP contribution in [-0.4, -0.2) is 30.5 Å². The van der Waals surface area contributed by atoms with E-state index in [4.69, 9.17) is 4.74 Å². The van der Waals surface area contributed by atoms with Crippen molar-refractivity contribution < 1.29 is 40.7 Å². The van der Waals surface area contributed by atoms with E-state index in [0.717, 1.165) is 5.56 Å². The van der Waals surface area contributed by atoms with E-state index in [1.54, 1.807) is 0 Å². The Morgan fingerprint density at radius 1 is 0.946 bits per heavy atom. The Balaban J connectivity index is 1.57. The summed E-state index contributed by atoms with van der Waals surface area (Å²) in [5.41, 5.74) is -3.74. The molecule has 200 valence electrons. The van der Waals surface area contributed by atoms with Crippen molar-refractivity contribution in [2.24, 2.45) is 5.41 Å². The third-order valence-corrected chi connectivity index (χ3v) is 7.19. The topological polar surface area (TPSA) is 67.4 Å². The van der Waals surface area contributed by atoms with Crippen LogP contribution in [0.15, 0.2) is 48.5 Å². The van der Waals surface area contributed by atoms with E-state index in [1.165, 1.54) is 6.92 Å². The van der Waals surface area contributed by atoms with E-state index in [1.807, 2.05) is 30.3 Å². The Kier molecular flexibility index (Phi) is 7.15. The van der Waals surface area contributed by atoms with Crippen LogP contribution in [0.3, 0.4) is 0 Å². The molecule has 2 aromatic carbocycles. The first-order valence-electron chi connectivity index (χ1n) is 11.8. The second kappa shape index (κ2) is 9.75. The van der Waals surface area contributed by atoms with Crippen molar-refractivity contribution in [3.8, 4) is 0 Å². The Morgan fingerprint density at radius 2 is 1.57 bits per heavy atom. The van der Waals surface area contributed by atoms with Crippen LogP contribution in [0, 0.1) is 5.41 Å². The molecule has 2 aromatic rings. The van der Waals surface area contributed by atoms with Gasteiger partial charge in [-0.2, -0.15) is 26.3 Å². The van der Waals surface area contributed by atoms with Crippen molar-refractivity contribution in [2.75, 3.05) is 13.2 Å². The van der Waals surface area contributed by atoms with E-state index in [0.29, 0.717) is 31.4 Å². The fraction of sp³-hybridized carbons (Fsp3) is 0.462. The van der Waals surface area contributed by atoms with Gasteiger partial charge in [0.25, 0.3) is 0 Å². The number of benzene rings is 2. The zero-order valence-electron chi connectivity index (χ0n) is 19.9. The van der Waals surface area contributed by atoms with Crippen molar-refractivity contribution in [1.82, 2.24) is 10.6 Å². The summed E-state index contributed by atoms with van der Waals surface area (Å²) in [5, 5.41) is 5.67. The summed E-state index contributed by atoms with van der Waals surface area (Å²) in [6.07, 6.45) is -9.70. The first-order valence-corrected chi connectivity index (χ1v) is 11.8. The number of alkyl halides is 6. The predicted octanol–water partition coefficient (Wildman–Crippen LogP) is 5.20. The Labute approximate surface area is 209 Å². The standard InChI is InChI=1S/C26H26F6N2O3/c1-16(18-9-19(25(27,28)29)11-20(10-18)26(30,31)32)37-15-24(12-17-5-3-2-4-6-17)8-7-23(14-33-24)13-21(35)34-22(23)36/h2-6,9-11,16,33H,7-8,12-15H2,1H3,(H,34,35,36)/t16?,23?,24-/m0/s1. The Bertz CT molecular complexity index is 1120. The average Bonchev–Trinajstić information content (AvgIpc) is 3.11. The molecule has 0 radical (unpaired) electrons. The van der Waals surface area contributed by atoms with Gasteiger partial charge in [-0.1, -0.05) is 30.3 Å². The highest BCUT2D eigenvalue weighted by Crippen LogP contribution is 2.41. The zero-order valence-corrected chi connectivity index (χ0v) is 19.9. The molecule has 2 N–H and O–H groups in total. The molecule has 0 aromatic heterocycles. The quantitative estimate of drug-likeness (QED) is 0.400. The van der Waals surface area contributed by atoms with Gasteiger partial charge in [-0.05, 0) is 55.5 Å². The smallest absolute Gasteiger partial charge is 0.372 e. The number of imide groups is 1. The lowest BCUT2D eigenvalue weighted by Gasteiger charge is -2.45. The summed E-state index contributed by atoms with van der Waals surface area (Å²) in [7, 11) is 0. The minimum Gasteiger partial charge on any atom is -0.372 e. The molecular weight excluding hydrogens is 502 g/mol. The lowest BCUT2D eigenvalue weighted by Crippen LogP contribution is -2.60. The SMILES string of the molecule is CC(OC[C@@]1(Cc2ccccc2)CCC2(CN1)CC(=O)NC2=O)c1cc(C(F)(F)F)cc(C(F)(F)F)c1. The molecule has 4 rings (SSSR count). The van der Waals surface area contributed by atoms with Crippen LogP contribution in [-0.2, 0) is 33.1 Å². The number of amides is 2. The minimum absolute atomic E-state index is 0.0354. The van der Waals surface area contributed by atoms with Crippen LogP contribution < -0.4 is 10.6 Å². The van der Waals surface area contributed by atoms with Gasteiger partial charge in [0.05, 0.1) is 29.3 Å². The maximum absolute atomic E-state index is 13.3. The molecule has 2 amide bonds. The van der Waals surface area contributed by atoms with Gasteiger partial charge in [0, 0.05) is 18.5 Å². The number of ether oxygens (including phenoxy) is 1. The Morgan fingerprint density at radius 3 is 2.05 bits per heavy atom. The van der Waals surface area contributed by atoms with E-state index in [-0.39, 0.29) is 43.0 Å². The first kappa shape index (κ1) is 27.1. The van der Waals surface area contributed by atoms with Crippen molar-refractivity contribution >= 4 is 11.8 Å². The van der Waals surface area contributed by atoms with Gasteiger partial charge in [0.2, 0.25) is 11.8 Å². The molecule has 5 nitrogen and oxygen atoms in total. The molecule has 37 heavy (non-hydrogen) atoms. The normalized spacial score (nSPS) is 25.4. The zero-order chi connectivity index (χ0) is 27.1. The first-order chi connectivity index (χ1) is 17.2. The van der Waals surface area contributed by atoms with Gasteiger partial charge in [-0.15, -0.1) is 0 Å². The molecule has 0 saturated carbocycles. The molecule has 2 fully saturated rings. The van der Waals surface area contributed by atoms with Crippen molar-refractivity contribution in [3.63, 3.8) is 0 Å². The molecule has 2 unspecified atom stereocenters. The van der Waals surface area contributed by atoms with E-state index in [9.17, 15) is 35.9 Å². The maximum Gasteiger partial charge on any atom is 0.416 e. The number of nitrogens with one attached hydrogen (secondary N) is 2. The average molecular weight is 528 g/mol. The molecule has 0 aliphatic carbocycles. The van der Waals surface area contributed by atoms with E-state index >= 15 is 0 Å². The van der Waals surface area contributed by atoms with E-state index < -0.39 is 40.5 Å². The molecule has 0 bridgehead atoms. The summed E-state index contributed by atoms with van der Waals surface area (Å²) in [6, 6.07) is 10.8. The predicted molar refractivity (Wildman–Crippen MR) is 121 cm³/mol. The van der Waals surface area contributed by atoms with Gasteiger partial charge in [0.15, 0.2) is 0 Å². The highest BCUT2D eigenvalue weighted by atomic mass is 19.4. The molecule has 2 saturated heterocycles. The summed E-state index contributed by atoms with van der Waals surface area (Å²) in [5.74, 6) is -0.700. The number of rotatable bonds is 6. The number of piperidine rings is 1. The number of hydrogen-bond acceptors (Lipinski definition) is 4. The van der Waals surface area contributed by atoms with Gasteiger partial charge in [-0.25, -0.2) is 0 Å². The molecule has 11 heteroatoms. The van der Waals surface area contributed by atoms with Crippen LogP contribution in [0.2, 0.25) is 0 Å². The minimum atomic E-state index is -4.96. The second-order valence-electron chi connectivity index (χ2n) is 9.92. The van der Waals surface area contributed by atoms with Crippen molar-refractivity contribution in [2.45, 2.75) is 56.6 Å². The molecule has 1 spiro atoms. The molecular formula is C26H26F6N2O3. The van der Waals surface area contributed by atoms with Crippen molar-refractivity contribution in [3.05, 3.63) is 70.8 Å². The number of halogens is 6. The van der Waals surface area contributed by atoms with Crippen LogP contribution in [0.4, 0.5) is 26.3 Å². The number of hydrogen-bond donors (Lipinski definition) is 2. The summed E-state index contributed by atoms with van der Waals surface area (Å²) in [4.78, 5) is 24.2. The highest BCUT2D eigenvalue weighted by molar-refractivity contribution is 6.06. The van der Waals surface area contributed by atoms with Crippen molar-refractivity contribution in [1.29, 1.82) is 0 Å². The lowest BCUT2D eigenvalue weighted by atomic mass is 9.71. The van der Waals surface area contributed by atoms with Crippen LogP contribution in [0.1, 0.15) is 54.5 Å². The van der Waals surface area contributed by atoms with Crippen LogP contribution in [0.25, 0.3) is 0 Å². The molecule has 2 heterocycles. The molecule has 3 atom stereocenters. The number of carbonyl (C=O) groups excluding carboxylic acids is 2. The maximum atomic E-state index is 13.3. The van der Waals surface area contributed by atoms with Gasteiger partial charge in [-0.3, -0.25) is 14.9 Å². The monoisotopic (exact) mass is 528 g/mol. The fourth-order valence-corrected chi connectivity index (χ4v) is 4.95. The fourth-order valence-electron chi connectivity index (χ4n) is 4.95. The highest BCUT2D eigenvalue weighted by Gasteiger charge is 2.52. The summed E-state index contributed by atoms with van der Waals surface area (Å²) >= 11 is 0. The summed E-state index contributed by atoms with van der Waals surface area (Å²) in [6.45, 7) is 1.56. The molecule has 2 aliphatic rings. The van der Waals surface area contributed by atoms with Gasteiger partial charge >= 0.3 is 12.4 Å². The van der Waals surface area contributed by atoms with Gasteiger partial charge < -0.3 is 10.1 Å². The largest absolute Gasteiger partial charge is 0.416 e. The number of carbonyl (C=O) groups is 2. The molecule has 2 aliphatic heterocycles. The van der Waals surface area contributed by atoms with Crippen LogP contribution >= 0.6 is 0 Å². The van der Waals surface area contributed by atoms with Crippen LogP contribution in [0.5, 0.6) is 0 Å². The second-order valence-corrected chi connectivity index (χ2v) is 9.92. The lowest BCUT2D eigenvalue weighted by molar-refractivity contribution is -0.143. The Hall–Kier alpha value is -2.92. The summed E-state index contributed by atoms with van der Waals surface area (Å²) < 4.78 is 85.8. The van der Waals surface area contributed by atoms with E-state index in [2.05, 4.69) is 10.6 Å². The third-order valence-electron chi connectivity index (χ3n) is 7.19.